The number of carbonyl (C=O) groups is 1. The highest BCUT2D eigenvalue weighted by atomic mass is 32.1. The molecular weight excluding hydrogens is 246 g/mol. The quantitative estimate of drug-likeness (QED) is 0.680. The molecule has 1 heterocycles. The number of ether oxygens (including phenoxy) is 1. The van der Waals surface area contributed by atoms with Crippen molar-refractivity contribution in [2.24, 2.45) is 0 Å². The van der Waals surface area contributed by atoms with Gasteiger partial charge in [0.05, 0.1) is 7.11 Å². The van der Waals surface area contributed by atoms with E-state index in [-0.39, 0.29) is 5.78 Å². The van der Waals surface area contributed by atoms with Crippen LogP contribution in [0.1, 0.15) is 21.6 Å². The summed E-state index contributed by atoms with van der Waals surface area (Å²) in [7, 11) is 1.54. The third-order valence-electron chi connectivity index (χ3n) is 2.61. The number of benzene rings is 1. The number of nitrogens with zero attached hydrogens (tertiary/aromatic N) is 1. The monoisotopic (exact) mass is 259 g/mol. The molecule has 0 N–H and O–H groups in total. The highest BCUT2D eigenvalue weighted by molar-refractivity contribution is 7.80. The van der Waals surface area contributed by atoms with Gasteiger partial charge in [0.1, 0.15) is 5.69 Å². The Bertz CT molecular complexity index is 579. The van der Waals surface area contributed by atoms with Crippen molar-refractivity contribution in [2.45, 2.75) is 11.8 Å². The third-order valence-corrected chi connectivity index (χ3v) is 2.90. The number of methoxy groups -OCH3 is 1. The van der Waals surface area contributed by atoms with Crippen LogP contribution in [-0.2, 0) is 0 Å². The standard InChI is InChI=1S/C14H13NO2S/c1-9-3-8-12(15-14(9)17-2)13(16)10-4-6-11(18)7-5-10/h3-8,18H,1-2H3. The molecule has 1 aromatic heterocycles. The Morgan fingerprint density at radius 3 is 2.44 bits per heavy atom. The van der Waals surface area contributed by atoms with Gasteiger partial charge in [0.25, 0.3) is 0 Å². The van der Waals surface area contributed by atoms with Crippen molar-refractivity contribution in [2.75, 3.05) is 7.11 Å². The Hall–Kier alpha value is -1.81. The van der Waals surface area contributed by atoms with Gasteiger partial charge in [-0.05, 0) is 37.3 Å². The van der Waals surface area contributed by atoms with Crippen LogP contribution in [0.3, 0.4) is 0 Å². The second-order valence-corrected chi connectivity index (χ2v) is 4.42. The molecule has 0 radical (unpaired) electrons. The minimum absolute atomic E-state index is 0.123. The molecule has 0 amide bonds. The van der Waals surface area contributed by atoms with Crippen LogP contribution < -0.4 is 4.74 Å². The predicted molar refractivity (Wildman–Crippen MR) is 72.7 cm³/mol. The van der Waals surface area contributed by atoms with Gasteiger partial charge >= 0.3 is 0 Å². The number of ketones is 1. The molecule has 0 atom stereocenters. The van der Waals surface area contributed by atoms with Gasteiger partial charge in [-0.2, -0.15) is 0 Å². The maximum atomic E-state index is 12.2. The zero-order valence-corrected chi connectivity index (χ0v) is 11.1. The van der Waals surface area contributed by atoms with Crippen LogP contribution in [0.25, 0.3) is 0 Å². The number of hydrogen-bond acceptors (Lipinski definition) is 4. The van der Waals surface area contributed by atoms with Crippen LogP contribution in [0.4, 0.5) is 0 Å². The summed E-state index contributed by atoms with van der Waals surface area (Å²) in [5, 5.41) is 0. The van der Waals surface area contributed by atoms with Crippen molar-refractivity contribution >= 4 is 18.4 Å². The van der Waals surface area contributed by atoms with Crippen LogP contribution in [0.15, 0.2) is 41.3 Å². The van der Waals surface area contributed by atoms with Crippen molar-refractivity contribution in [3.8, 4) is 5.88 Å². The predicted octanol–water partition coefficient (Wildman–Crippen LogP) is 2.92. The first kappa shape index (κ1) is 12.6. The summed E-state index contributed by atoms with van der Waals surface area (Å²) in [5.41, 5.74) is 1.87. The van der Waals surface area contributed by atoms with E-state index in [0.29, 0.717) is 17.1 Å². The fourth-order valence-corrected chi connectivity index (χ4v) is 1.75. The molecular formula is C14H13NO2S. The van der Waals surface area contributed by atoms with E-state index in [2.05, 4.69) is 17.6 Å². The van der Waals surface area contributed by atoms with Gasteiger partial charge in [0.2, 0.25) is 11.7 Å². The number of aromatic nitrogens is 1. The summed E-state index contributed by atoms with van der Waals surface area (Å²) in [6.07, 6.45) is 0. The summed E-state index contributed by atoms with van der Waals surface area (Å²) in [5.74, 6) is 0.355. The average Bonchev–Trinajstić information content (AvgIpc) is 2.39. The molecule has 18 heavy (non-hydrogen) atoms. The number of thiol groups is 1. The first-order chi connectivity index (χ1) is 8.61. The van der Waals surface area contributed by atoms with Gasteiger partial charge in [-0.25, -0.2) is 4.98 Å². The Balaban J connectivity index is 2.37. The van der Waals surface area contributed by atoms with E-state index in [1.165, 1.54) is 0 Å². The molecule has 4 heteroatoms. The highest BCUT2D eigenvalue weighted by Gasteiger charge is 2.12. The van der Waals surface area contributed by atoms with Crippen molar-refractivity contribution in [1.29, 1.82) is 0 Å². The lowest BCUT2D eigenvalue weighted by Crippen LogP contribution is -2.05. The number of carbonyl (C=O) groups excluding carboxylic acids is 1. The number of hydrogen-bond donors (Lipinski definition) is 1. The van der Waals surface area contributed by atoms with E-state index in [1.807, 2.05) is 13.0 Å². The van der Waals surface area contributed by atoms with Crippen LogP contribution in [0, 0.1) is 6.92 Å². The normalized spacial score (nSPS) is 10.2. The van der Waals surface area contributed by atoms with Crippen LogP contribution >= 0.6 is 12.6 Å². The summed E-state index contributed by atoms with van der Waals surface area (Å²) >= 11 is 4.19. The molecule has 0 spiro atoms. The van der Waals surface area contributed by atoms with Crippen molar-refractivity contribution < 1.29 is 9.53 Å². The van der Waals surface area contributed by atoms with Crippen molar-refractivity contribution in [3.05, 3.63) is 53.2 Å². The first-order valence-electron chi connectivity index (χ1n) is 5.47. The third kappa shape index (κ3) is 2.54. The van der Waals surface area contributed by atoms with Gasteiger partial charge in [0.15, 0.2) is 0 Å². The summed E-state index contributed by atoms with van der Waals surface area (Å²) in [4.78, 5) is 17.2. The molecule has 0 aliphatic rings. The second kappa shape index (κ2) is 5.23. The van der Waals surface area contributed by atoms with Crippen LogP contribution in [0.5, 0.6) is 5.88 Å². The lowest BCUT2D eigenvalue weighted by atomic mass is 10.1. The van der Waals surface area contributed by atoms with E-state index in [9.17, 15) is 4.79 Å². The number of rotatable bonds is 3. The van der Waals surface area contributed by atoms with E-state index in [0.717, 1.165) is 10.5 Å². The molecule has 2 aromatic rings. The first-order valence-corrected chi connectivity index (χ1v) is 5.92. The van der Waals surface area contributed by atoms with E-state index >= 15 is 0 Å². The fraction of sp³-hybridized carbons (Fsp3) is 0.143. The molecule has 0 aliphatic carbocycles. The van der Waals surface area contributed by atoms with Gasteiger partial charge in [-0.3, -0.25) is 4.79 Å². The molecule has 0 bridgehead atoms. The summed E-state index contributed by atoms with van der Waals surface area (Å²) in [6, 6.07) is 10.6. The molecule has 0 fully saturated rings. The molecule has 0 unspecified atom stereocenters. The van der Waals surface area contributed by atoms with Gasteiger partial charge < -0.3 is 4.74 Å². The summed E-state index contributed by atoms with van der Waals surface area (Å²) < 4.78 is 5.12. The van der Waals surface area contributed by atoms with Gasteiger partial charge in [0, 0.05) is 16.0 Å². The van der Waals surface area contributed by atoms with Crippen molar-refractivity contribution in [1.82, 2.24) is 4.98 Å². The zero-order valence-electron chi connectivity index (χ0n) is 10.2. The van der Waals surface area contributed by atoms with E-state index in [1.54, 1.807) is 37.4 Å². The Labute approximate surface area is 111 Å². The molecule has 92 valence electrons. The maximum Gasteiger partial charge on any atom is 0.216 e. The molecule has 0 saturated carbocycles. The Kier molecular flexibility index (Phi) is 3.67. The van der Waals surface area contributed by atoms with E-state index < -0.39 is 0 Å². The Morgan fingerprint density at radius 2 is 1.83 bits per heavy atom. The molecule has 1 aromatic carbocycles. The molecule has 2 rings (SSSR count). The topological polar surface area (TPSA) is 39.2 Å². The minimum Gasteiger partial charge on any atom is -0.481 e. The number of aryl methyl sites for hydroxylation is 1. The molecule has 0 saturated heterocycles. The fourth-order valence-electron chi connectivity index (χ4n) is 1.60. The van der Waals surface area contributed by atoms with Gasteiger partial charge in [-0.15, -0.1) is 12.6 Å². The zero-order chi connectivity index (χ0) is 13.1. The molecule has 3 nitrogen and oxygen atoms in total. The second-order valence-electron chi connectivity index (χ2n) is 3.90. The SMILES string of the molecule is COc1nc(C(=O)c2ccc(S)cc2)ccc1C. The van der Waals surface area contributed by atoms with Crippen LogP contribution in [0.2, 0.25) is 0 Å². The van der Waals surface area contributed by atoms with Crippen LogP contribution in [-0.4, -0.2) is 17.9 Å². The van der Waals surface area contributed by atoms with Gasteiger partial charge in [-0.1, -0.05) is 6.07 Å². The summed E-state index contributed by atoms with van der Waals surface area (Å²) in [6.45, 7) is 1.88. The lowest BCUT2D eigenvalue weighted by Gasteiger charge is -2.06. The highest BCUT2D eigenvalue weighted by Crippen LogP contribution is 2.17. The minimum atomic E-state index is -0.123. The lowest BCUT2D eigenvalue weighted by molar-refractivity contribution is 0.103. The number of pyridine rings is 1. The Morgan fingerprint density at radius 1 is 1.17 bits per heavy atom. The molecule has 0 aliphatic heterocycles. The van der Waals surface area contributed by atoms with Crippen molar-refractivity contribution in [3.63, 3.8) is 0 Å². The average molecular weight is 259 g/mol. The van der Waals surface area contributed by atoms with E-state index in [4.69, 9.17) is 4.74 Å². The largest absolute Gasteiger partial charge is 0.481 e. The smallest absolute Gasteiger partial charge is 0.216 e. The maximum absolute atomic E-state index is 12.2.